The normalized spacial score (nSPS) is 25.7. The number of rotatable bonds is 7. The molecule has 0 amide bonds. The molecule has 2 heterocycles. The third-order valence-corrected chi connectivity index (χ3v) is 6.34. The molecule has 2 fully saturated rings. The van der Waals surface area contributed by atoms with Crippen molar-refractivity contribution in [1.29, 1.82) is 21.0 Å². The van der Waals surface area contributed by atoms with E-state index in [2.05, 4.69) is 56.0 Å². The Morgan fingerprint density at radius 2 is 1.29 bits per heavy atom. The lowest BCUT2D eigenvalue weighted by Gasteiger charge is -2.48. The van der Waals surface area contributed by atoms with E-state index < -0.39 is 0 Å². The molecule has 2 aliphatic heterocycles. The lowest BCUT2D eigenvalue weighted by Crippen LogP contribution is -2.59. The van der Waals surface area contributed by atoms with Crippen LogP contribution in [0, 0.1) is 45.3 Å². The zero-order valence-electron chi connectivity index (χ0n) is 17.8. The summed E-state index contributed by atoms with van der Waals surface area (Å²) in [5.74, 6) is 0. The van der Waals surface area contributed by atoms with E-state index in [4.69, 9.17) is 5.26 Å². The molecule has 0 spiro atoms. The summed E-state index contributed by atoms with van der Waals surface area (Å²) in [6, 6.07) is 19.6. The van der Waals surface area contributed by atoms with Crippen LogP contribution in [-0.4, -0.2) is 90.6 Å². The number of nitriles is 4. The van der Waals surface area contributed by atoms with Gasteiger partial charge in [-0.05, 0) is 12.0 Å². The van der Waals surface area contributed by atoms with E-state index in [9.17, 15) is 15.8 Å². The molecule has 1 aromatic rings. The average Bonchev–Trinajstić information content (AvgIpc) is 2.78. The molecule has 0 bridgehead atoms. The Balaban J connectivity index is 1.79. The van der Waals surface area contributed by atoms with Crippen molar-refractivity contribution in [2.24, 2.45) is 0 Å². The van der Waals surface area contributed by atoms with Crippen LogP contribution in [0.15, 0.2) is 30.3 Å². The van der Waals surface area contributed by atoms with E-state index in [1.165, 1.54) is 0 Å². The monoisotopic (exact) mass is 416 g/mol. The number of hydrogen-bond donors (Lipinski definition) is 0. The fraction of sp³-hybridized carbons (Fsp3) is 0.565. The smallest absolute Gasteiger partial charge is 0.0871 e. The molecule has 1 aromatic carbocycles. The molecule has 0 radical (unpaired) electrons. The summed E-state index contributed by atoms with van der Waals surface area (Å²) in [7, 11) is 0. The second-order valence-corrected chi connectivity index (χ2v) is 8.17. The molecule has 2 saturated heterocycles. The van der Waals surface area contributed by atoms with E-state index in [1.54, 1.807) is 0 Å². The fourth-order valence-corrected chi connectivity index (χ4v) is 4.80. The van der Waals surface area contributed by atoms with Gasteiger partial charge in [-0.25, -0.2) is 0 Å². The Morgan fingerprint density at radius 1 is 0.677 bits per heavy atom. The minimum absolute atomic E-state index is 0.0714. The number of piperazine rings is 2. The topological polar surface area (TPSA) is 108 Å². The first-order chi connectivity index (χ1) is 15.2. The van der Waals surface area contributed by atoms with Crippen molar-refractivity contribution < 1.29 is 0 Å². The maximum atomic E-state index is 9.46. The van der Waals surface area contributed by atoms with Gasteiger partial charge in [0.1, 0.15) is 0 Å². The zero-order chi connectivity index (χ0) is 22.1. The fourth-order valence-electron chi connectivity index (χ4n) is 4.80. The SMILES string of the molecule is N#CCN1CCN(CC#N)C(CC2CN(CC#N)C(c3ccccc3)CN2CC#N)C1. The number of nitrogens with zero attached hydrogens (tertiary/aromatic N) is 8. The lowest BCUT2D eigenvalue weighted by molar-refractivity contribution is 0.0111. The van der Waals surface area contributed by atoms with Gasteiger partial charge in [-0.3, -0.25) is 19.6 Å². The van der Waals surface area contributed by atoms with Gasteiger partial charge in [0.2, 0.25) is 0 Å². The largest absolute Gasteiger partial charge is 0.288 e. The predicted octanol–water partition coefficient (Wildman–Crippen LogP) is 1.18. The van der Waals surface area contributed by atoms with E-state index in [0.29, 0.717) is 39.3 Å². The summed E-state index contributed by atoms with van der Waals surface area (Å²) in [4.78, 5) is 8.75. The van der Waals surface area contributed by atoms with Gasteiger partial charge in [0.05, 0.1) is 50.5 Å². The third-order valence-electron chi connectivity index (χ3n) is 6.34. The first kappa shape index (κ1) is 22.7. The Labute approximate surface area is 184 Å². The second kappa shape index (κ2) is 11.4. The summed E-state index contributed by atoms with van der Waals surface area (Å²) >= 11 is 0. The Bertz CT molecular complexity index is 874. The van der Waals surface area contributed by atoms with Gasteiger partial charge in [0.25, 0.3) is 0 Å². The van der Waals surface area contributed by atoms with Crippen molar-refractivity contribution >= 4 is 0 Å². The summed E-state index contributed by atoms with van der Waals surface area (Å²) in [6.45, 7) is 5.11. The minimum atomic E-state index is 0.0714. The van der Waals surface area contributed by atoms with E-state index >= 15 is 0 Å². The van der Waals surface area contributed by atoms with Gasteiger partial charge in [0.15, 0.2) is 0 Å². The molecule has 31 heavy (non-hydrogen) atoms. The predicted molar refractivity (Wildman–Crippen MR) is 115 cm³/mol. The van der Waals surface area contributed by atoms with Crippen LogP contribution in [-0.2, 0) is 0 Å². The molecule has 0 saturated carbocycles. The number of hydrogen-bond acceptors (Lipinski definition) is 8. The molecular formula is C23H28N8. The quantitative estimate of drug-likeness (QED) is 0.610. The Kier molecular flexibility index (Phi) is 8.36. The van der Waals surface area contributed by atoms with Gasteiger partial charge in [-0.15, -0.1) is 0 Å². The number of benzene rings is 1. The van der Waals surface area contributed by atoms with E-state index in [0.717, 1.165) is 31.6 Å². The summed E-state index contributed by atoms with van der Waals surface area (Å²) < 4.78 is 0. The molecule has 0 aliphatic carbocycles. The molecule has 3 atom stereocenters. The van der Waals surface area contributed by atoms with Crippen molar-refractivity contribution in [3.05, 3.63) is 35.9 Å². The molecule has 8 nitrogen and oxygen atoms in total. The highest BCUT2D eigenvalue weighted by atomic mass is 15.3. The highest BCUT2D eigenvalue weighted by molar-refractivity contribution is 5.21. The van der Waals surface area contributed by atoms with Gasteiger partial charge < -0.3 is 0 Å². The minimum Gasteiger partial charge on any atom is -0.288 e. The summed E-state index contributed by atoms with van der Waals surface area (Å²) in [5.41, 5.74) is 1.16. The van der Waals surface area contributed by atoms with Crippen LogP contribution in [0.25, 0.3) is 0 Å². The van der Waals surface area contributed by atoms with Crippen LogP contribution < -0.4 is 0 Å². The molecule has 160 valence electrons. The molecule has 8 heteroatoms. The highest BCUT2D eigenvalue weighted by Crippen LogP contribution is 2.30. The summed E-state index contributed by atoms with van der Waals surface area (Å²) in [6.07, 6.45) is 0.800. The van der Waals surface area contributed by atoms with Crippen molar-refractivity contribution in [3.8, 4) is 24.3 Å². The Morgan fingerprint density at radius 3 is 1.97 bits per heavy atom. The molecule has 0 aromatic heterocycles. The first-order valence-electron chi connectivity index (χ1n) is 10.7. The molecular weight excluding hydrogens is 388 g/mol. The maximum absolute atomic E-state index is 9.46. The molecule has 0 N–H and O–H groups in total. The average molecular weight is 417 g/mol. The maximum Gasteiger partial charge on any atom is 0.0871 e. The third kappa shape index (κ3) is 5.80. The van der Waals surface area contributed by atoms with Crippen molar-refractivity contribution in [2.45, 2.75) is 24.5 Å². The van der Waals surface area contributed by atoms with Crippen molar-refractivity contribution in [3.63, 3.8) is 0 Å². The molecule has 3 unspecified atom stereocenters. The highest BCUT2D eigenvalue weighted by Gasteiger charge is 2.37. The van der Waals surface area contributed by atoms with Gasteiger partial charge >= 0.3 is 0 Å². The van der Waals surface area contributed by atoms with Crippen LogP contribution in [0.2, 0.25) is 0 Å². The molecule has 2 aliphatic rings. The van der Waals surface area contributed by atoms with E-state index in [-0.39, 0.29) is 18.1 Å². The van der Waals surface area contributed by atoms with Gasteiger partial charge in [0, 0.05) is 50.8 Å². The van der Waals surface area contributed by atoms with Crippen LogP contribution in [0.3, 0.4) is 0 Å². The Hall–Kier alpha value is -2.98. The summed E-state index contributed by atoms with van der Waals surface area (Å²) in [5, 5.41) is 37.3. The lowest BCUT2D eigenvalue weighted by atomic mass is 9.94. The van der Waals surface area contributed by atoms with Crippen LogP contribution >= 0.6 is 0 Å². The van der Waals surface area contributed by atoms with Crippen LogP contribution in [0.1, 0.15) is 18.0 Å². The van der Waals surface area contributed by atoms with Crippen LogP contribution in [0.4, 0.5) is 0 Å². The standard InChI is InChI=1S/C23H28N8/c24-6-10-28-14-15-29(11-7-25)21(17-28)16-22-18-31(13-9-27)23(19-30(22)12-8-26)20-4-2-1-3-5-20/h1-5,21-23H,10-19H2. The van der Waals surface area contributed by atoms with Gasteiger partial charge in [-0.2, -0.15) is 21.0 Å². The molecule has 3 rings (SSSR count). The van der Waals surface area contributed by atoms with Crippen molar-refractivity contribution in [1.82, 2.24) is 19.6 Å². The second-order valence-electron chi connectivity index (χ2n) is 8.17. The van der Waals surface area contributed by atoms with E-state index in [1.807, 2.05) is 18.2 Å². The first-order valence-corrected chi connectivity index (χ1v) is 10.7. The van der Waals surface area contributed by atoms with Crippen LogP contribution in [0.5, 0.6) is 0 Å². The van der Waals surface area contributed by atoms with Crippen molar-refractivity contribution in [2.75, 3.05) is 58.9 Å². The van der Waals surface area contributed by atoms with Gasteiger partial charge in [-0.1, -0.05) is 30.3 Å². The zero-order valence-corrected chi connectivity index (χ0v) is 17.8.